The number of methoxy groups -OCH3 is 1. The molecule has 1 rings (SSSR count). The number of carboxylic acids is 1. The number of esters is 1. The van der Waals surface area contributed by atoms with Crippen LogP contribution in [0.1, 0.15) is 25.7 Å². The van der Waals surface area contributed by atoms with Crippen molar-refractivity contribution >= 4 is 28.8 Å². The van der Waals surface area contributed by atoms with Crippen LogP contribution in [0.15, 0.2) is 0 Å². The van der Waals surface area contributed by atoms with Crippen LogP contribution in [0.3, 0.4) is 0 Å². The quantitative estimate of drug-likeness (QED) is 0.573. The Hall–Kier alpha value is -1.64. The summed E-state index contributed by atoms with van der Waals surface area (Å²) in [6.45, 7) is 0. The number of hydrogen-bond acceptors (Lipinski definition) is 5. The fraction of sp³-hybridized carbons (Fsp3) is 0.750. The lowest BCUT2D eigenvalue weighted by Gasteiger charge is -2.23. The second-order valence-electron chi connectivity index (χ2n) is 4.75. The zero-order valence-electron chi connectivity index (χ0n) is 11.8. The number of hydrogen-bond donors (Lipinski definition) is 3. The highest BCUT2D eigenvalue weighted by Gasteiger charge is 2.24. The van der Waals surface area contributed by atoms with Gasteiger partial charge in [-0.05, 0) is 19.3 Å². The first-order valence-electron chi connectivity index (χ1n) is 6.64. The largest absolute Gasteiger partial charge is 0.480 e. The van der Waals surface area contributed by atoms with Crippen LogP contribution in [0.5, 0.6) is 0 Å². The number of rotatable bonds is 6. The smallest absolute Gasteiger partial charge is 0.326 e. The van der Waals surface area contributed by atoms with E-state index >= 15 is 0 Å². The van der Waals surface area contributed by atoms with Crippen LogP contribution in [-0.2, 0) is 25.1 Å². The van der Waals surface area contributed by atoms with Crippen molar-refractivity contribution in [3.8, 4) is 0 Å². The van der Waals surface area contributed by atoms with Crippen molar-refractivity contribution in [2.45, 2.75) is 37.8 Å². The molecule has 1 aliphatic heterocycles. The van der Waals surface area contributed by atoms with E-state index in [1.54, 1.807) is 0 Å². The van der Waals surface area contributed by atoms with Gasteiger partial charge < -0.3 is 20.5 Å². The summed E-state index contributed by atoms with van der Waals surface area (Å²) in [6.07, 6.45) is 1.10. The Labute approximate surface area is 125 Å². The van der Waals surface area contributed by atoms with E-state index in [2.05, 4.69) is 15.4 Å². The lowest BCUT2D eigenvalue weighted by Crippen LogP contribution is -2.50. The van der Waals surface area contributed by atoms with Crippen LogP contribution >= 0.6 is 0 Å². The average molecular weight is 320 g/mol. The van der Waals surface area contributed by atoms with Crippen molar-refractivity contribution in [1.29, 1.82) is 0 Å². The number of carboxylic acid groups (broad SMARTS) is 1. The van der Waals surface area contributed by atoms with E-state index in [4.69, 9.17) is 5.11 Å². The molecule has 0 unspecified atom stereocenters. The molecule has 0 bridgehead atoms. The van der Waals surface area contributed by atoms with Gasteiger partial charge in [-0.1, -0.05) is 0 Å². The van der Waals surface area contributed by atoms with Crippen LogP contribution in [0.4, 0.5) is 4.79 Å². The summed E-state index contributed by atoms with van der Waals surface area (Å²) in [6, 6.07) is -1.84. The fourth-order valence-corrected chi connectivity index (χ4v) is 3.24. The molecule has 1 atom stereocenters. The van der Waals surface area contributed by atoms with Crippen LogP contribution in [-0.4, -0.2) is 58.0 Å². The predicted molar refractivity (Wildman–Crippen MR) is 75.2 cm³/mol. The molecule has 9 heteroatoms. The van der Waals surface area contributed by atoms with Gasteiger partial charge in [0.2, 0.25) is 0 Å². The number of amides is 2. The van der Waals surface area contributed by atoms with Gasteiger partial charge in [0.1, 0.15) is 6.04 Å². The van der Waals surface area contributed by atoms with E-state index in [1.807, 2.05) is 0 Å². The Morgan fingerprint density at radius 1 is 1.33 bits per heavy atom. The molecule has 0 aliphatic carbocycles. The number of urea groups is 1. The van der Waals surface area contributed by atoms with Crippen LogP contribution < -0.4 is 10.6 Å². The Morgan fingerprint density at radius 3 is 2.48 bits per heavy atom. The molecule has 0 aromatic heterocycles. The number of aliphatic carboxylic acids is 1. The van der Waals surface area contributed by atoms with Crippen molar-refractivity contribution in [1.82, 2.24) is 10.6 Å². The molecule has 1 fully saturated rings. The first kappa shape index (κ1) is 17.4. The molecule has 8 nitrogen and oxygen atoms in total. The molecule has 0 saturated carbocycles. The maximum absolute atomic E-state index is 11.7. The molecule has 0 aromatic carbocycles. The summed E-state index contributed by atoms with van der Waals surface area (Å²) in [7, 11) is 0.393. The molecule has 2 amide bonds. The van der Waals surface area contributed by atoms with Crippen molar-refractivity contribution in [3.63, 3.8) is 0 Å². The third-order valence-corrected chi connectivity index (χ3v) is 4.57. The summed E-state index contributed by atoms with van der Waals surface area (Å²) in [5.41, 5.74) is 0. The van der Waals surface area contributed by atoms with Crippen molar-refractivity contribution in [2.75, 3.05) is 18.6 Å². The summed E-state index contributed by atoms with van der Waals surface area (Å²) in [5, 5.41) is 14.0. The van der Waals surface area contributed by atoms with Crippen LogP contribution in [0.2, 0.25) is 0 Å². The maximum atomic E-state index is 11.7. The predicted octanol–water partition coefficient (Wildman–Crippen LogP) is -0.397. The molecule has 21 heavy (non-hydrogen) atoms. The summed E-state index contributed by atoms with van der Waals surface area (Å²) in [4.78, 5) is 33.8. The molecule has 120 valence electrons. The average Bonchev–Trinajstić information content (AvgIpc) is 2.45. The summed E-state index contributed by atoms with van der Waals surface area (Å²) in [5.74, 6) is -0.664. The Morgan fingerprint density at radius 2 is 1.95 bits per heavy atom. The van der Waals surface area contributed by atoms with Crippen LogP contribution in [0, 0.1) is 0 Å². The van der Waals surface area contributed by atoms with Gasteiger partial charge in [0.05, 0.1) is 7.11 Å². The first-order valence-corrected chi connectivity index (χ1v) is 8.12. The van der Waals surface area contributed by atoms with Gasteiger partial charge in [-0.3, -0.25) is 9.00 Å². The highest BCUT2D eigenvalue weighted by atomic mass is 32.2. The number of nitrogens with one attached hydrogen (secondary N) is 2. The van der Waals surface area contributed by atoms with E-state index in [-0.39, 0.29) is 18.9 Å². The molecule has 0 aromatic rings. The normalized spacial score (nSPS) is 22.9. The molecular formula is C12H20N2O6S. The topological polar surface area (TPSA) is 122 Å². The fourth-order valence-electron chi connectivity index (χ4n) is 1.95. The van der Waals surface area contributed by atoms with E-state index in [0.29, 0.717) is 24.3 Å². The number of carbonyl (C=O) groups is 3. The highest BCUT2D eigenvalue weighted by Crippen LogP contribution is 2.09. The SMILES string of the molecule is COC(=O)CC[C@H](NC(=O)NC1CCS(=O)CC1)C(=O)O. The first-order chi connectivity index (χ1) is 9.92. The van der Waals surface area contributed by atoms with Gasteiger partial charge in [0.25, 0.3) is 0 Å². The van der Waals surface area contributed by atoms with Crippen molar-refractivity contribution in [2.24, 2.45) is 0 Å². The standard InChI is InChI=1S/C12H20N2O6S/c1-20-10(15)3-2-9(11(16)17)14-12(18)13-8-4-6-21(19)7-5-8/h8-9H,2-7H2,1H3,(H,16,17)(H2,13,14,18)/t8?,9-,21?/m0/s1. The lowest BCUT2D eigenvalue weighted by atomic mass is 10.1. The van der Waals surface area contributed by atoms with Gasteiger partial charge in [-0.2, -0.15) is 0 Å². The molecule has 1 heterocycles. The molecule has 3 N–H and O–H groups in total. The van der Waals surface area contributed by atoms with Crippen LogP contribution in [0.25, 0.3) is 0 Å². The van der Waals surface area contributed by atoms with Gasteiger partial charge >= 0.3 is 18.0 Å². The van der Waals surface area contributed by atoms with E-state index in [0.717, 1.165) is 0 Å². The molecule has 1 saturated heterocycles. The second-order valence-corrected chi connectivity index (χ2v) is 6.44. The molecular weight excluding hydrogens is 300 g/mol. The maximum Gasteiger partial charge on any atom is 0.326 e. The van der Waals surface area contributed by atoms with Gasteiger partial charge in [-0.15, -0.1) is 0 Å². The van der Waals surface area contributed by atoms with E-state index in [9.17, 15) is 18.6 Å². The van der Waals surface area contributed by atoms with Crippen molar-refractivity contribution < 1.29 is 28.4 Å². The third-order valence-electron chi connectivity index (χ3n) is 3.19. The van der Waals surface area contributed by atoms with E-state index in [1.165, 1.54) is 7.11 Å². The van der Waals surface area contributed by atoms with E-state index < -0.39 is 34.8 Å². The monoisotopic (exact) mass is 320 g/mol. The zero-order chi connectivity index (χ0) is 15.8. The van der Waals surface area contributed by atoms with Gasteiger partial charge in [0, 0.05) is 34.8 Å². The Bertz CT molecular complexity index is 418. The number of ether oxygens (including phenoxy) is 1. The molecule has 0 radical (unpaired) electrons. The zero-order valence-corrected chi connectivity index (χ0v) is 12.6. The minimum Gasteiger partial charge on any atom is -0.480 e. The lowest BCUT2D eigenvalue weighted by molar-refractivity contribution is -0.142. The Kier molecular flexibility index (Phi) is 7.13. The second kappa shape index (κ2) is 8.60. The molecule has 1 aliphatic rings. The summed E-state index contributed by atoms with van der Waals surface area (Å²) < 4.78 is 15.6. The summed E-state index contributed by atoms with van der Waals surface area (Å²) >= 11 is 0. The minimum atomic E-state index is -1.21. The Balaban J connectivity index is 2.39. The van der Waals surface area contributed by atoms with Gasteiger partial charge in [0.15, 0.2) is 0 Å². The molecule has 0 spiro atoms. The van der Waals surface area contributed by atoms with Gasteiger partial charge in [-0.25, -0.2) is 9.59 Å². The number of carbonyl (C=O) groups excluding carboxylic acids is 2. The highest BCUT2D eigenvalue weighted by molar-refractivity contribution is 7.85. The third kappa shape index (κ3) is 6.56. The van der Waals surface area contributed by atoms with Crippen molar-refractivity contribution in [3.05, 3.63) is 0 Å². The minimum absolute atomic E-state index is 0.0376.